The fourth-order valence-electron chi connectivity index (χ4n) is 0.580. The smallest absolute Gasteiger partial charge is 0.153 e. The molecule has 5 heteroatoms. The molecular weight excluding hydrogens is 345 g/mol. The van der Waals surface area contributed by atoms with Gasteiger partial charge in [-0.15, -0.1) is 0 Å². The molecule has 0 radical (unpaired) electrons. The minimum Gasteiger partial charge on any atom is -0.397 e. The van der Waals surface area contributed by atoms with E-state index in [2.05, 4.69) is 47.8 Å². The Kier molecular flexibility index (Phi) is 2.94. The summed E-state index contributed by atoms with van der Waals surface area (Å²) in [6, 6.07) is 1.56. The molecule has 0 aliphatic rings. The first-order valence-corrected chi connectivity index (χ1v) is 5.00. The summed E-state index contributed by atoms with van der Waals surface area (Å²) in [7, 11) is 0. The van der Waals surface area contributed by atoms with Crippen LogP contribution in [0.5, 0.6) is 0 Å². The van der Waals surface area contributed by atoms with Crippen molar-refractivity contribution in [1.29, 1.82) is 0 Å². The van der Waals surface area contributed by atoms with E-state index in [0.717, 1.165) is 0 Å². The lowest BCUT2D eigenvalue weighted by Crippen LogP contribution is -1.92. The zero-order chi connectivity index (χ0) is 8.59. The minimum atomic E-state index is -0.384. The topological polar surface area (TPSA) is 26.0 Å². The summed E-state index contributed by atoms with van der Waals surface area (Å²) < 4.78 is 14.3. The molecule has 0 unspecified atom stereocenters. The highest BCUT2D eigenvalue weighted by atomic mass is 79.9. The Balaban J connectivity index is 3.46. The molecular formula is C6H3Br3FN. The summed E-state index contributed by atoms with van der Waals surface area (Å²) in [5, 5.41) is 0. The van der Waals surface area contributed by atoms with Crippen molar-refractivity contribution in [3.63, 3.8) is 0 Å². The monoisotopic (exact) mass is 345 g/mol. The molecule has 0 aliphatic carbocycles. The Bertz CT molecular complexity index is 274. The van der Waals surface area contributed by atoms with Crippen molar-refractivity contribution in [3.8, 4) is 0 Å². The number of benzene rings is 1. The summed E-state index contributed by atoms with van der Waals surface area (Å²) in [6.07, 6.45) is 0. The van der Waals surface area contributed by atoms with Gasteiger partial charge in [0, 0.05) is 4.47 Å². The molecule has 0 fully saturated rings. The number of nitrogens with two attached hydrogens (primary N) is 1. The Morgan fingerprint density at radius 2 is 1.73 bits per heavy atom. The third kappa shape index (κ3) is 1.76. The molecule has 0 amide bonds. The van der Waals surface area contributed by atoms with E-state index < -0.39 is 0 Å². The number of hydrogen-bond donors (Lipinski definition) is 1. The SMILES string of the molecule is Nc1c(Br)cc(Br)c(F)c1Br. The van der Waals surface area contributed by atoms with Crippen LogP contribution in [-0.2, 0) is 0 Å². The quantitative estimate of drug-likeness (QED) is 0.432. The highest BCUT2D eigenvalue weighted by Crippen LogP contribution is 2.34. The zero-order valence-electron chi connectivity index (χ0n) is 5.17. The van der Waals surface area contributed by atoms with Crippen molar-refractivity contribution >= 4 is 53.5 Å². The fraction of sp³-hybridized carbons (Fsp3) is 0. The van der Waals surface area contributed by atoms with Gasteiger partial charge in [0.25, 0.3) is 0 Å². The number of nitrogen functional groups attached to an aromatic ring is 1. The van der Waals surface area contributed by atoms with Gasteiger partial charge >= 0.3 is 0 Å². The molecule has 0 aromatic heterocycles. The normalized spacial score (nSPS) is 10.2. The summed E-state index contributed by atoms with van der Waals surface area (Å²) in [5.74, 6) is -0.384. The molecule has 0 aliphatic heterocycles. The van der Waals surface area contributed by atoms with Crippen LogP contribution < -0.4 is 5.73 Å². The van der Waals surface area contributed by atoms with Crippen LogP contribution in [0.1, 0.15) is 0 Å². The summed E-state index contributed by atoms with van der Waals surface area (Å²) in [4.78, 5) is 0. The Labute approximate surface area is 88.5 Å². The van der Waals surface area contributed by atoms with Crippen LogP contribution in [0.4, 0.5) is 10.1 Å². The average Bonchev–Trinajstić information content (AvgIpc) is 1.97. The van der Waals surface area contributed by atoms with E-state index in [4.69, 9.17) is 5.73 Å². The highest BCUT2D eigenvalue weighted by molar-refractivity contribution is 9.11. The Morgan fingerprint density at radius 1 is 1.18 bits per heavy atom. The predicted octanol–water partition coefficient (Wildman–Crippen LogP) is 3.70. The number of anilines is 1. The molecule has 0 spiro atoms. The molecule has 1 nitrogen and oxygen atoms in total. The van der Waals surface area contributed by atoms with Crippen LogP contribution in [0, 0.1) is 5.82 Å². The summed E-state index contributed by atoms with van der Waals surface area (Å²) in [5.41, 5.74) is 5.86. The van der Waals surface area contributed by atoms with E-state index in [1.165, 1.54) is 0 Å². The van der Waals surface area contributed by atoms with Gasteiger partial charge < -0.3 is 5.73 Å². The molecule has 11 heavy (non-hydrogen) atoms. The molecule has 2 N–H and O–H groups in total. The first kappa shape index (κ1) is 9.48. The molecule has 0 saturated carbocycles. The average molecular weight is 348 g/mol. The van der Waals surface area contributed by atoms with Gasteiger partial charge in [-0.05, 0) is 53.9 Å². The predicted molar refractivity (Wildman–Crippen MR) is 53.9 cm³/mol. The molecule has 1 rings (SSSR count). The molecule has 60 valence electrons. The van der Waals surface area contributed by atoms with Crippen LogP contribution in [0.3, 0.4) is 0 Å². The maximum atomic E-state index is 13.0. The van der Waals surface area contributed by atoms with E-state index in [9.17, 15) is 4.39 Å². The van der Waals surface area contributed by atoms with E-state index in [0.29, 0.717) is 14.6 Å². The third-order valence-electron chi connectivity index (χ3n) is 1.15. The van der Waals surface area contributed by atoms with Crippen molar-refractivity contribution in [2.24, 2.45) is 0 Å². The largest absolute Gasteiger partial charge is 0.397 e. The van der Waals surface area contributed by atoms with Crippen molar-refractivity contribution in [3.05, 3.63) is 25.3 Å². The molecule has 0 bridgehead atoms. The second kappa shape index (κ2) is 3.41. The van der Waals surface area contributed by atoms with Crippen LogP contribution in [-0.4, -0.2) is 0 Å². The van der Waals surface area contributed by atoms with Gasteiger partial charge in [-0.3, -0.25) is 0 Å². The van der Waals surface area contributed by atoms with E-state index in [1.54, 1.807) is 6.07 Å². The van der Waals surface area contributed by atoms with E-state index >= 15 is 0 Å². The lowest BCUT2D eigenvalue weighted by molar-refractivity contribution is 0.615. The van der Waals surface area contributed by atoms with Crippen LogP contribution in [0.25, 0.3) is 0 Å². The highest BCUT2D eigenvalue weighted by Gasteiger charge is 2.10. The Hall–Kier alpha value is 0.390. The van der Waals surface area contributed by atoms with Gasteiger partial charge in [-0.1, -0.05) is 0 Å². The van der Waals surface area contributed by atoms with Crippen molar-refractivity contribution in [1.82, 2.24) is 0 Å². The van der Waals surface area contributed by atoms with Gasteiger partial charge in [0.2, 0.25) is 0 Å². The second-order valence-electron chi connectivity index (χ2n) is 1.88. The third-order valence-corrected chi connectivity index (χ3v) is 3.16. The lowest BCUT2D eigenvalue weighted by atomic mass is 10.3. The molecule has 0 saturated heterocycles. The van der Waals surface area contributed by atoms with E-state index in [1.807, 2.05) is 0 Å². The number of hydrogen-bond acceptors (Lipinski definition) is 1. The zero-order valence-corrected chi connectivity index (χ0v) is 9.92. The van der Waals surface area contributed by atoms with Crippen molar-refractivity contribution < 1.29 is 4.39 Å². The second-order valence-corrected chi connectivity index (χ2v) is 4.38. The minimum absolute atomic E-state index is 0.277. The van der Waals surface area contributed by atoms with Crippen LogP contribution >= 0.6 is 47.8 Å². The number of halogens is 4. The van der Waals surface area contributed by atoms with Gasteiger partial charge in [0.05, 0.1) is 14.6 Å². The van der Waals surface area contributed by atoms with E-state index in [-0.39, 0.29) is 10.3 Å². The van der Waals surface area contributed by atoms with Crippen LogP contribution in [0.2, 0.25) is 0 Å². The van der Waals surface area contributed by atoms with Crippen LogP contribution in [0.15, 0.2) is 19.5 Å². The molecule has 1 aromatic carbocycles. The van der Waals surface area contributed by atoms with Crippen molar-refractivity contribution in [2.45, 2.75) is 0 Å². The van der Waals surface area contributed by atoms with Gasteiger partial charge in [0.15, 0.2) is 5.82 Å². The first-order valence-electron chi connectivity index (χ1n) is 2.62. The molecule has 0 atom stereocenters. The maximum Gasteiger partial charge on any atom is 0.153 e. The first-order chi connectivity index (χ1) is 5.04. The van der Waals surface area contributed by atoms with Crippen molar-refractivity contribution in [2.75, 3.05) is 5.73 Å². The van der Waals surface area contributed by atoms with Gasteiger partial charge in [0.1, 0.15) is 0 Å². The maximum absolute atomic E-state index is 13.0. The van der Waals surface area contributed by atoms with Gasteiger partial charge in [-0.25, -0.2) is 4.39 Å². The number of rotatable bonds is 0. The summed E-state index contributed by atoms with van der Waals surface area (Å²) in [6.45, 7) is 0. The summed E-state index contributed by atoms with van der Waals surface area (Å²) >= 11 is 9.24. The lowest BCUT2D eigenvalue weighted by Gasteiger charge is -2.03. The van der Waals surface area contributed by atoms with Gasteiger partial charge in [-0.2, -0.15) is 0 Å². The standard InChI is InChI=1S/C6H3Br3FN/c7-2-1-3(8)6(11)4(9)5(2)10/h1H,11H2. The fourth-order valence-corrected chi connectivity index (χ4v) is 2.70. The Morgan fingerprint density at radius 3 is 2.27 bits per heavy atom. The molecule has 0 heterocycles. The molecule has 1 aromatic rings.